The molecule has 0 bridgehead atoms. The highest BCUT2D eigenvalue weighted by Gasteiger charge is 2.50. The summed E-state index contributed by atoms with van der Waals surface area (Å²) in [5.41, 5.74) is 0.103. The summed E-state index contributed by atoms with van der Waals surface area (Å²) in [6, 6.07) is 0. The van der Waals surface area contributed by atoms with Gasteiger partial charge in [-0.15, -0.1) is 0 Å². The number of hydrogen-bond donors (Lipinski definition) is 0. The van der Waals surface area contributed by atoms with Crippen LogP contribution < -0.4 is 0 Å². The van der Waals surface area contributed by atoms with Crippen molar-refractivity contribution in [2.24, 2.45) is 23.2 Å². The first-order chi connectivity index (χ1) is 12.2. The Morgan fingerprint density at radius 2 is 1.56 bits per heavy atom. The molecular formula is C22H40O3. The Morgan fingerprint density at radius 1 is 0.960 bits per heavy atom. The van der Waals surface area contributed by atoms with Gasteiger partial charge < -0.3 is 14.3 Å². The molecular weight excluding hydrogens is 312 g/mol. The molecule has 2 aliphatic rings. The lowest BCUT2D eigenvalue weighted by Gasteiger charge is -2.51. The lowest BCUT2D eigenvalue weighted by atomic mass is 9.55. The van der Waals surface area contributed by atoms with Gasteiger partial charge in [0, 0.05) is 13.2 Å². The van der Waals surface area contributed by atoms with E-state index < -0.39 is 0 Å². The number of rotatable bonds is 10. The minimum atomic E-state index is -0.362. The zero-order chi connectivity index (χ0) is 18.1. The largest absolute Gasteiger partial charge is 0.352 e. The van der Waals surface area contributed by atoms with Gasteiger partial charge in [-0.2, -0.15) is 0 Å². The summed E-state index contributed by atoms with van der Waals surface area (Å²) in [4.78, 5) is 12.3. The van der Waals surface area contributed by atoms with E-state index in [-0.39, 0.29) is 17.6 Å². The van der Waals surface area contributed by atoms with Crippen LogP contribution in [0.3, 0.4) is 0 Å². The number of hydrogen-bond acceptors (Lipinski definition) is 3. The van der Waals surface area contributed by atoms with Gasteiger partial charge in [-0.05, 0) is 56.8 Å². The Balaban J connectivity index is 2.18. The molecule has 0 saturated heterocycles. The molecule has 0 radical (unpaired) electrons. The molecule has 2 saturated carbocycles. The summed E-state index contributed by atoms with van der Waals surface area (Å²) in [5, 5.41) is 0. The van der Waals surface area contributed by atoms with Gasteiger partial charge in [0.1, 0.15) is 6.29 Å². The van der Waals surface area contributed by atoms with E-state index in [1.54, 1.807) is 0 Å². The van der Waals surface area contributed by atoms with E-state index in [0.29, 0.717) is 19.1 Å². The van der Waals surface area contributed by atoms with Crippen molar-refractivity contribution in [3.63, 3.8) is 0 Å². The van der Waals surface area contributed by atoms with Gasteiger partial charge >= 0.3 is 0 Å². The van der Waals surface area contributed by atoms with Crippen molar-refractivity contribution in [1.82, 2.24) is 0 Å². The third kappa shape index (κ3) is 5.07. The number of ether oxygens (including phenoxy) is 2. The summed E-state index contributed by atoms with van der Waals surface area (Å²) in [5.74, 6) is 1.46. The van der Waals surface area contributed by atoms with Crippen LogP contribution in [0.1, 0.15) is 91.4 Å². The normalized spacial score (nSPS) is 28.0. The van der Waals surface area contributed by atoms with Crippen molar-refractivity contribution in [2.75, 3.05) is 13.2 Å². The van der Waals surface area contributed by atoms with Gasteiger partial charge in [-0.1, -0.05) is 51.9 Å². The van der Waals surface area contributed by atoms with Crippen LogP contribution in [0.5, 0.6) is 0 Å². The zero-order valence-electron chi connectivity index (χ0n) is 16.8. The fourth-order valence-electron chi connectivity index (χ4n) is 5.71. The van der Waals surface area contributed by atoms with Crippen LogP contribution in [0.4, 0.5) is 0 Å². The van der Waals surface area contributed by atoms with Gasteiger partial charge in [0.2, 0.25) is 0 Å². The van der Waals surface area contributed by atoms with E-state index in [1.807, 2.05) is 13.8 Å². The second-order valence-corrected chi connectivity index (χ2v) is 8.24. The Morgan fingerprint density at radius 3 is 2.04 bits per heavy atom. The quantitative estimate of drug-likeness (QED) is 0.370. The van der Waals surface area contributed by atoms with Crippen LogP contribution in [-0.4, -0.2) is 25.8 Å². The van der Waals surface area contributed by atoms with Gasteiger partial charge in [0.25, 0.3) is 0 Å². The van der Waals surface area contributed by atoms with Crippen molar-refractivity contribution in [2.45, 2.75) is 97.7 Å². The van der Waals surface area contributed by atoms with Gasteiger partial charge in [-0.25, -0.2) is 0 Å². The average molecular weight is 353 g/mol. The maximum atomic E-state index is 12.3. The van der Waals surface area contributed by atoms with E-state index in [1.165, 1.54) is 76.9 Å². The predicted molar refractivity (Wildman–Crippen MR) is 102 cm³/mol. The smallest absolute Gasteiger partial charge is 0.167 e. The van der Waals surface area contributed by atoms with Crippen molar-refractivity contribution in [3.8, 4) is 0 Å². The molecule has 0 aliphatic heterocycles. The molecule has 3 heteroatoms. The highest BCUT2D eigenvalue weighted by Crippen LogP contribution is 2.54. The van der Waals surface area contributed by atoms with Crippen molar-refractivity contribution < 1.29 is 14.3 Å². The highest BCUT2D eigenvalue weighted by atomic mass is 16.7. The Kier molecular flexibility index (Phi) is 8.92. The Hall–Kier alpha value is -0.410. The highest BCUT2D eigenvalue weighted by molar-refractivity contribution is 5.56. The topological polar surface area (TPSA) is 35.5 Å². The molecule has 1 atom stereocenters. The van der Waals surface area contributed by atoms with E-state index in [9.17, 15) is 4.79 Å². The predicted octanol–water partition coefficient (Wildman–Crippen LogP) is 5.76. The molecule has 2 aliphatic carbocycles. The fourth-order valence-corrected chi connectivity index (χ4v) is 5.71. The molecule has 0 aromatic rings. The molecule has 25 heavy (non-hydrogen) atoms. The SMILES string of the molecule is CCCC1CCC(C2(C(C=O)C(OCC)OCC)CCCCC2)CC1. The number of carbonyl (C=O) groups excluding carboxylic acids is 1. The lowest BCUT2D eigenvalue weighted by Crippen LogP contribution is -2.48. The first-order valence-electron chi connectivity index (χ1n) is 10.9. The summed E-state index contributed by atoms with van der Waals surface area (Å²) in [6.07, 6.45) is 14.9. The van der Waals surface area contributed by atoms with Crippen LogP contribution >= 0.6 is 0 Å². The summed E-state index contributed by atoms with van der Waals surface area (Å²) in [7, 11) is 0. The summed E-state index contributed by atoms with van der Waals surface area (Å²) >= 11 is 0. The second kappa shape index (κ2) is 10.7. The average Bonchev–Trinajstić information content (AvgIpc) is 2.64. The monoisotopic (exact) mass is 352 g/mol. The maximum absolute atomic E-state index is 12.3. The number of carbonyl (C=O) groups is 1. The molecule has 0 aromatic carbocycles. The van der Waals surface area contributed by atoms with Crippen molar-refractivity contribution in [3.05, 3.63) is 0 Å². The lowest BCUT2D eigenvalue weighted by molar-refractivity contribution is -0.202. The molecule has 2 fully saturated rings. The van der Waals surface area contributed by atoms with Crippen LogP contribution in [0, 0.1) is 23.2 Å². The molecule has 0 spiro atoms. The van der Waals surface area contributed by atoms with Gasteiger partial charge in [-0.3, -0.25) is 0 Å². The first-order valence-corrected chi connectivity index (χ1v) is 10.9. The van der Waals surface area contributed by atoms with Crippen LogP contribution in [-0.2, 0) is 14.3 Å². The van der Waals surface area contributed by atoms with E-state index in [4.69, 9.17) is 9.47 Å². The molecule has 146 valence electrons. The summed E-state index contributed by atoms with van der Waals surface area (Å²) < 4.78 is 11.8. The zero-order valence-corrected chi connectivity index (χ0v) is 16.8. The van der Waals surface area contributed by atoms with Crippen LogP contribution in [0.2, 0.25) is 0 Å². The molecule has 0 aromatic heterocycles. The first kappa shape index (κ1) is 20.9. The van der Waals surface area contributed by atoms with E-state index in [0.717, 1.165) is 5.92 Å². The van der Waals surface area contributed by atoms with Gasteiger partial charge in [0.05, 0.1) is 5.92 Å². The summed E-state index contributed by atoms with van der Waals surface area (Å²) in [6.45, 7) is 7.50. The Labute approximate surface area is 155 Å². The third-order valence-electron chi connectivity index (χ3n) is 6.91. The molecule has 0 N–H and O–H groups in total. The molecule has 1 unspecified atom stereocenters. The second-order valence-electron chi connectivity index (χ2n) is 8.24. The molecule has 0 amide bonds. The minimum absolute atomic E-state index is 0.103. The number of aldehydes is 1. The van der Waals surface area contributed by atoms with Crippen LogP contribution in [0.15, 0.2) is 0 Å². The van der Waals surface area contributed by atoms with Gasteiger partial charge in [0.15, 0.2) is 6.29 Å². The molecule has 2 rings (SSSR count). The standard InChI is InChI=1S/C22H40O3/c1-4-10-18-11-13-19(14-12-18)22(15-8-7-9-16-22)20(17-23)21(24-5-2)25-6-3/h17-21H,4-16H2,1-3H3. The van der Waals surface area contributed by atoms with E-state index >= 15 is 0 Å². The third-order valence-corrected chi connectivity index (χ3v) is 6.91. The molecule has 3 nitrogen and oxygen atoms in total. The molecule has 0 heterocycles. The maximum Gasteiger partial charge on any atom is 0.167 e. The fraction of sp³-hybridized carbons (Fsp3) is 0.955. The minimum Gasteiger partial charge on any atom is -0.352 e. The van der Waals surface area contributed by atoms with E-state index in [2.05, 4.69) is 6.92 Å². The van der Waals surface area contributed by atoms with Crippen molar-refractivity contribution >= 4 is 6.29 Å². The van der Waals surface area contributed by atoms with Crippen molar-refractivity contribution in [1.29, 1.82) is 0 Å². The Bertz CT molecular complexity index is 361. The van der Waals surface area contributed by atoms with Crippen LogP contribution in [0.25, 0.3) is 0 Å².